The molecule has 0 saturated heterocycles. The molecule has 0 aliphatic heterocycles. The van der Waals surface area contributed by atoms with E-state index in [1.54, 1.807) is 0 Å². The van der Waals surface area contributed by atoms with Gasteiger partial charge in [-0.25, -0.2) is 13.8 Å². The predicted octanol–water partition coefficient (Wildman–Crippen LogP) is 3.38. The van der Waals surface area contributed by atoms with Crippen molar-refractivity contribution in [3.63, 3.8) is 0 Å². The first-order chi connectivity index (χ1) is 13.2. The molecule has 3 rings (SSSR count). The third-order valence-electron chi connectivity index (χ3n) is 3.86. The third kappa shape index (κ3) is 4.00. The van der Waals surface area contributed by atoms with Gasteiger partial charge in [0.15, 0.2) is 5.69 Å². The Morgan fingerprint density at radius 3 is 2.43 bits per heavy atom. The van der Waals surface area contributed by atoms with Gasteiger partial charge in [-0.2, -0.15) is 13.2 Å². The van der Waals surface area contributed by atoms with E-state index in [2.05, 4.69) is 4.98 Å². The van der Waals surface area contributed by atoms with Crippen molar-refractivity contribution in [3.05, 3.63) is 70.3 Å². The minimum absolute atomic E-state index is 0.103. The molecule has 0 spiro atoms. The molecule has 1 aromatic carbocycles. The molecule has 10 heteroatoms. The Balaban J connectivity index is 2.03. The fourth-order valence-electron chi connectivity index (χ4n) is 2.57. The number of fused-ring (bicyclic) bond motifs is 1. The van der Waals surface area contributed by atoms with E-state index in [0.29, 0.717) is 11.6 Å². The molecular weight excluding hydrogens is 385 g/mol. The molecule has 0 unspecified atom stereocenters. The second kappa shape index (κ2) is 7.37. The minimum Gasteiger partial charge on any atom is -0.346 e. The highest BCUT2D eigenvalue weighted by molar-refractivity contribution is 5.95. The third-order valence-corrected chi connectivity index (χ3v) is 3.86. The molecule has 0 fully saturated rings. The first-order valence-electron chi connectivity index (χ1n) is 7.93. The molecular formula is C18H12F5N3O2. The molecule has 28 heavy (non-hydrogen) atoms. The maximum atomic E-state index is 13.0. The second-order valence-corrected chi connectivity index (χ2v) is 5.77. The number of hydrogen-bond acceptors (Lipinski definition) is 3. The predicted molar refractivity (Wildman–Crippen MR) is 90.2 cm³/mol. The van der Waals surface area contributed by atoms with E-state index in [1.807, 2.05) is 5.32 Å². The zero-order valence-corrected chi connectivity index (χ0v) is 14.0. The van der Waals surface area contributed by atoms with Gasteiger partial charge in [0.2, 0.25) is 0 Å². The smallest absolute Gasteiger partial charge is 0.346 e. The molecule has 146 valence electrons. The molecule has 2 heterocycles. The van der Waals surface area contributed by atoms with Gasteiger partial charge >= 0.3 is 6.18 Å². The monoisotopic (exact) mass is 397 g/mol. The highest BCUT2D eigenvalue weighted by Crippen LogP contribution is 2.29. The summed E-state index contributed by atoms with van der Waals surface area (Å²) in [5.74, 6) is -0.710. The van der Waals surface area contributed by atoms with E-state index in [0.717, 1.165) is 4.40 Å². The highest BCUT2D eigenvalue weighted by Gasteiger charge is 2.33. The van der Waals surface area contributed by atoms with Crippen molar-refractivity contribution in [2.24, 2.45) is 0 Å². The summed E-state index contributed by atoms with van der Waals surface area (Å²) in [6, 6.07) is 8.90. The Labute approximate surface area is 154 Å². The van der Waals surface area contributed by atoms with Crippen LogP contribution in [0.25, 0.3) is 16.8 Å². The Morgan fingerprint density at radius 1 is 1.14 bits per heavy atom. The maximum Gasteiger partial charge on any atom is 0.433 e. The lowest BCUT2D eigenvalue weighted by molar-refractivity contribution is -0.141. The van der Waals surface area contributed by atoms with Gasteiger partial charge in [-0.15, -0.1) is 0 Å². The van der Waals surface area contributed by atoms with Crippen LogP contribution in [0.2, 0.25) is 0 Å². The Morgan fingerprint density at radius 2 is 1.82 bits per heavy atom. The van der Waals surface area contributed by atoms with Gasteiger partial charge in [-0.3, -0.25) is 14.0 Å². The zero-order valence-electron chi connectivity index (χ0n) is 14.0. The van der Waals surface area contributed by atoms with Crippen molar-refractivity contribution in [3.8, 4) is 11.1 Å². The van der Waals surface area contributed by atoms with E-state index in [-0.39, 0.29) is 16.8 Å². The van der Waals surface area contributed by atoms with Gasteiger partial charge in [0.25, 0.3) is 17.9 Å². The highest BCUT2D eigenvalue weighted by atomic mass is 19.4. The minimum atomic E-state index is -4.78. The van der Waals surface area contributed by atoms with Crippen LogP contribution in [-0.2, 0) is 6.18 Å². The zero-order chi connectivity index (χ0) is 20.5. The van der Waals surface area contributed by atoms with Crippen LogP contribution in [0, 0.1) is 0 Å². The van der Waals surface area contributed by atoms with Crippen LogP contribution in [0.1, 0.15) is 16.1 Å². The number of halogens is 5. The molecule has 3 aromatic rings. The topological polar surface area (TPSA) is 63.5 Å². The fourth-order valence-corrected chi connectivity index (χ4v) is 2.57. The number of rotatable bonds is 4. The van der Waals surface area contributed by atoms with Crippen LogP contribution in [0.15, 0.2) is 53.5 Å². The molecule has 0 aliphatic rings. The van der Waals surface area contributed by atoms with E-state index >= 15 is 0 Å². The quantitative estimate of drug-likeness (QED) is 0.687. The number of benzene rings is 1. The van der Waals surface area contributed by atoms with Crippen molar-refractivity contribution in [2.45, 2.75) is 12.6 Å². The standard InChI is InChI=1S/C18H12F5N3O2/c19-14(20)9-24-17(28)11-5-3-10(4-6-11)12-2-1-7-26-15(27)8-13(18(21,22)23)25-16(12)26/h1-8,14H,9H2,(H,24,28). The van der Waals surface area contributed by atoms with Crippen LogP contribution >= 0.6 is 0 Å². The molecule has 0 atom stereocenters. The van der Waals surface area contributed by atoms with Gasteiger partial charge in [0.05, 0.1) is 6.54 Å². The first kappa shape index (κ1) is 19.5. The maximum absolute atomic E-state index is 13.0. The van der Waals surface area contributed by atoms with E-state index in [9.17, 15) is 31.5 Å². The van der Waals surface area contributed by atoms with Crippen molar-refractivity contribution in [1.29, 1.82) is 0 Å². The number of nitrogens with one attached hydrogen (secondary N) is 1. The average Bonchev–Trinajstić information content (AvgIpc) is 2.65. The summed E-state index contributed by atoms with van der Waals surface area (Å²) in [7, 11) is 0. The summed E-state index contributed by atoms with van der Waals surface area (Å²) in [5, 5.41) is 2.05. The number of carbonyl (C=O) groups excluding carboxylic acids is 1. The molecule has 0 bridgehead atoms. The van der Waals surface area contributed by atoms with Crippen molar-refractivity contribution in [1.82, 2.24) is 14.7 Å². The summed E-state index contributed by atoms with van der Waals surface area (Å²) < 4.78 is 64.3. The number of alkyl halides is 5. The van der Waals surface area contributed by atoms with E-state index in [1.165, 1.54) is 42.6 Å². The van der Waals surface area contributed by atoms with Gasteiger partial charge in [0.1, 0.15) is 5.65 Å². The lowest BCUT2D eigenvalue weighted by Gasteiger charge is -2.11. The van der Waals surface area contributed by atoms with Crippen molar-refractivity contribution in [2.75, 3.05) is 6.54 Å². The van der Waals surface area contributed by atoms with Gasteiger partial charge in [-0.1, -0.05) is 12.1 Å². The van der Waals surface area contributed by atoms with Crippen LogP contribution in [0.4, 0.5) is 22.0 Å². The normalized spacial score (nSPS) is 11.8. The number of amides is 1. The molecule has 0 saturated carbocycles. The molecule has 1 N–H and O–H groups in total. The Bertz CT molecular complexity index is 1080. The number of aromatic nitrogens is 2. The van der Waals surface area contributed by atoms with E-state index in [4.69, 9.17) is 0 Å². The lowest BCUT2D eigenvalue weighted by atomic mass is 10.0. The van der Waals surface area contributed by atoms with Crippen LogP contribution in [0.5, 0.6) is 0 Å². The fraction of sp³-hybridized carbons (Fsp3) is 0.167. The summed E-state index contributed by atoms with van der Waals surface area (Å²) in [6.45, 7) is -0.795. The van der Waals surface area contributed by atoms with Crippen molar-refractivity contribution < 1.29 is 26.7 Å². The van der Waals surface area contributed by atoms with Crippen LogP contribution < -0.4 is 10.9 Å². The summed E-state index contributed by atoms with van der Waals surface area (Å²) in [4.78, 5) is 27.4. The van der Waals surface area contributed by atoms with Crippen LogP contribution in [-0.4, -0.2) is 28.3 Å². The largest absolute Gasteiger partial charge is 0.433 e. The number of pyridine rings is 1. The molecule has 1 amide bonds. The Kier molecular flexibility index (Phi) is 5.12. The number of nitrogens with zero attached hydrogens (tertiary/aromatic N) is 2. The lowest BCUT2D eigenvalue weighted by Crippen LogP contribution is -2.28. The molecule has 2 aromatic heterocycles. The number of hydrogen-bond donors (Lipinski definition) is 1. The van der Waals surface area contributed by atoms with Gasteiger partial charge in [-0.05, 0) is 29.8 Å². The van der Waals surface area contributed by atoms with E-state index < -0.39 is 36.3 Å². The average molecular weight is 397 g/mol. The molecule has 0 radical (unpaired) electrons. The summed E-state index contributed by atoms with van der Waals surface area (Å²) in [5.41, 5.74) is -1.65. The second-order valence-electron chi connectivity index (χ2n) is 5.77. The molecule has 0 aliphatic carbocycles. The summed E-state index contributed by atoms with van der Waals surface area (Å²) >= 11 is 0. The van der Waals surface area contributed by atoms with Gasteiger partial charge in [0, 0.05) is 23.4 Å². The Hall–Kier alpha value is -3.30. The van der Waals surface area contributed by atoms with Crippen molar-refractivity contribution >= 4 is 11.6 Å². The SMILES string of the molecule is O=C(NCC(F)F)c1ccc(-c2cccn3c(=O)cc(C(F)(F)F)nc23)cc1. The number of carbonyl (C=O) groups is 1. The van der Waals surface area contributed by atoms with Crippen LogP contribution in [0.3, 0.4) is 0 Å². The van der Waals surface area contributed by atoms with Gasteiger partial charge < -0.3 is 5.32 Å². The molecule has 5 nitrogen and oxygen atoms in total. The summed E-state index contributed by atoms with van der Waals surface area (Å²) in [6.07, 6.45) is -6.18. The first-order valence-corrected chi connectivity index (χ1v) is 7.93.